The third kappa shape index (κ3) is 10.2. The van der Waals surface area contributed by atoms with Crippen LogP contribution in [-0.2, 0) is 13.5 Å². The SMILES string of the molecule is Cc1cc(C)c(N2[CH-]N(c3c(C)cc(C)cc3C)CC2)c(C)c1.PC1CCCCC1.[Cl][Ru]([Cl])=[CH]c1ccccc1. The van der Waals surface area contributed by atoms with Crippen molar-refractivity contribution in [1.82, 2.24) is 0 Å². The maximum atomic E-state index is 5.67. The summed E-state index contributed by atoms with van der Waals surface area (Å²) in [4.78, 5) is 4.81. The van der Waals surface area contributed by atoms with Gasteiger partial charge in [0.25, 0.3) is 0 Å². The average molecular weight is 686 g/mol. The van der Waals surface area contributed by atoms with Gasteiger partial charge in [0.05, 0.1) is 0 Å². The van der Waals surface area contributed by atoms with Crippen LogP contribution in [0.1, 0.15) is 71.0 Å². The van der Waals surface area contributed by atoms with E-state index in [1.807, 2.05) is 34.9 Å². The predicted octanol–water partition coefficient (Wildman–Crippen LogP) is 9.94. The first-order valence-electron chi connectivity index (χ1n) is 14.2. The minimum atomic E-state index is -1.61. The van der Waals surface area contributed by atoms with Gasteiger partial charge in [-0.1, -0.05) is 54.7 Å². The Hall–Kier alpha value is -1.24. The number of benzene rings is 3. The van der Waals surface area contributed by atoms with Crippen molar-refractivity contribution in [2.75, 3.05) is 22.9 Å². The van der Waals surface area contributed by atoms with Crippen molar-refractivity contribution in [2.45, 2.75) is 79.3 Å². The predicted molar refractivity (Wildman–Crippen MR) is 180 cm³/mol. The second-order valence-electron chi connectivity index (χ2n) is 11.1. The van der Waals surface area contributed by atoms with E-state index in [9.17, 15) is 0 Å². The fourth-order valence-corrected chi connectivity index (χ4v) is 8.13. The molecule has 2 nitrogen and oxygen atoms in total. The number of hydrogen-bond donors (Lipinski definition) is 0. The van der Waals surface area contributed by atoms with Gasteiger partial charge in [-0.15, -0.1) is 9.24 Å². The van der Waals surface area contributed by atoms with Crippen molar-refractivity contribution in [3.8, 4) is 0 Å². The van der Waals surface area contributed by atoms with E-state index in [-0.39, 0.29) is 0 Å². The van der Waals surface area contributed by atoms with Crippen LogP contribution in [-0.4, -0.2) is 23.4 Å². The Morgan fingerprint density at radius 3 is 1.50 bits per heavy atom. The van der Waals surface area contributed by atoms with Gasteiger partial charge in [0, 0.05) is 24.5 Å². The molecule has 2 aliphatic rings. The zero-order valence-corrected chi connectivity index (χ0v) is 29.4. The normalized spacial score (nSPS) is 15.6. The molecule has 5 rings (SSSR count). The second-order valence-corrected chi connectivity index (χ2v) is 17.8. The Morgan fingerprint density at radius 1 is 0.725 bits per heavy atom. The van der Waals surface area contributed by atoms with Gasteiger partial charge in [-0.05, 0) is 82.3 Å². The molecule has 1 aliphatic carbocycles. The third-order valence-electron chi connectivity index (χ3n) is 7.35. The molecule has 1 unspecified atom stereocenters. The molecule has 1 saturated carbocycles. The van der Waals surface area contributed by atoms with Gasteiger partial charge in [-0.3, -0.25) is 0 Å². The molecule has 1 atom stereocenters. The molecule has 40 heavy (non-hydrogen) atoms. The number of nitrogens with zero attached hydrogens (tertiary/aromatic N) is 2. The fraction of sp³-hybridized carbons (Fsp3) is 0.412. The monoisotopic (exact) mass is 685 g/mol. The standard InChI is InChI=1S/C21H27N2.C7H6.C6H13P.2ClH.Ru/c1-14-9-16(3)20(17(4)10-14)22-7-8-23(13-22)21-18(5)11-15(2)12-19(21)6;1-7-5-3-2-4-6-7;7-6-4-2-1-3-5-6;;;/h9-13H,7-8H2,1-6H3;1-6H;6H,1-5,7H2;2*1H;/q-1;;;;;+2/p-2. The van der Waals surface area contributed by atoms with E-state index in [1.54, 1.807) is 0 Å². The van der Waals surface area contributed by atoms with E-state index >= 15 is 0 Å². The number of anilines is 2. The van der Waals surface area contributed by atoms with Crippen molar-refractivity contribution >= 4 is 44.6 Å². The van der Waals surface area contributed by atoms with Crippen LogP contribution in [0.25, 0.3) is 0 Å². The molecule has 6 heteroatoms. The van der Waals surface area contributed by atoms with Crippen LogP contribution in [0.2, 0.25) is 0 Å². The van der Waals surface area contributed by atoms with E-state index < -0.39 is 13.5 Å². The molecule has 0 bridgehead atoms. The second kappa shape index (κ2) is 16.4. The molecule has 3 aromatic carbocycles. The van der Waals surface area contributed by atoms with Crippen LogP contribution in [0.3, 0.4) is 0 Å². The minimum absolute atomic E-state index is 0.953. The molecule has 220 valence electrons. The zero-order valence-electron chi connectivity index (χ0n) is 25.0. The van der Waals surface area contributed by atoms with Gasteiger partial charge in [-0.2, -0.15) is 6.67 Å². The Kier molecular flexibility index (Phi) is 13.7. The van der Waals surface area contributed by atoms with E-state index in [1.165, 1.54) is 76.9 Å². The zero-order chi connectivity index (χ0) is 29.2. The molecule has 3 aromatic rings. The molecule has 1 saturated heterocycles. The number of halogens is 2. The van der Waals surface area contributed by atoms with Gasteiger partial charge in [0.15, 0.2) is 0 Å². The van der Waals surface area contributed by atoms with E-state index in [4.69, 9.17) is 19.4 Å². The van der Waals surface area contributed by atoms with Crippen LogP contribution in [0.4, 0.5) is 11.4 Å². The van der Waals surface area contributed by atoms with Gasteiger partial charge >= 0.3 is 73.4 Å². The summed E-state index contributed by atoms with van der Waals surface area (Å²) in [5.74, 6) is 0. The molecule has 0 amide bonds. The Morgan fingerprint density at radius 2 is 1.15 bits per heavy atom. The molecular weight excluding hydrogens is 639 g/mol. The third-order valence-corrected chi connectivity index (χ3v) is 9.89. The van der Waals surface area contributed by atoms with Crippen LogP contribution in [0, 0.1) is 48.2 Å². The topological polar surface area (TPSA) is 6.48 Å². The molecule has 0 N–H and O–H groups in total. The molecule has 1 aliphatic heterocycles. The summed E-state index contributed by atoms with van der Waals surface area (Å²) < 4.78 is 1.92. The summed E-state index contributed by atoms with van der Waals surface area (Å²) in [5.41, 5.74) is 12.9. The first kappa shape index (κ1) is 33.3. The van der Waals surface area contributed by atoms with Gasteiger partial charge in [0.1, 0.15) is 0 Å². The van der Waals surface area contributed by atoms with Crippen LogP contribution in [0.15, 0.2) is 54.6 Å². The Balaban J connectivity index is 0.000000212. The summed E-state index contributed by atoms with van der Waals surface area (Å²) in [6.07, 6.45) is 7.31. The van der Waals surface area contributed by atoms with Crippen molar-refractivity contribution in [3.63, 3.8) is 0 Å². The molecular formula is C34H46Cl2N2PRu-. The average Bonchev–Trinajstić information content (AvgIpc) is 3.33. The van der Waals surface area contributed by atoms with Crippen molar-refractivity contribution < 1.29 is 13.5 Å². The van der Waals surface area contributed by atoms with Crippen LogP contribution in [0.5, 0.6) is 0 Å². The molecule has 0 radical (unpaired) electrons. The van der Waals surface area contributed by atoms with Gasteiger partial charge < -0.3 is 9.80 Å². The maximum absolute atomic E-state index is 5.67. The number of hydrogen-bond acceptors (Lipinski definition) is 2. The number of rotatable bonds is 3. The summed E-state index contributed by atoms with van der Waals surface area (Å²) in [7, 11) is 14.2. The summed E-state index contributed by atoms with van der Waals surface area (Å²) in [6.45, 7) is 17.6. The van der Waals surface area contributed by atoms with E-state index in [0.29, 0.717) is 0 Å². The summed E-state index contributed by atoms with van der Waals surface area (Å²) >= 11 is -1.61. The first-order chi connectivity index (χ1) is 19.0. The fourth-order valence-electron chi connectivity index (χ4n) is 5.83. The quantitative estimate of drug-likeness (QED) is 0.154. The van der Waals surface area contributed by atoms with Crippen LogP contribution < -0.4 is 9.80 Å². The van der Waals surface area contributed by atoms with Crippen molar-refractivity contribution in [2.24, 2.45) is 0 Å². The summed E-state index contributed by atoms with van der Waals surface area (Å²) in [6, 6.07) is 19.0. The Labute approximate surface area is 259 Å². The van der Waals surface area contributed by atoms with Crippen LogP contribution >= 0.6 is 28.6 Å². The molecule has 1 heterocycles. The Bertz CT molecular complexity index is 1160. The van der Waals surface area contributed by atoms with E-state index in [0.717, 1.165) is 24.3 Å². The summed E-state index contributed by atoms with van der Waals surface area (Å²) in [5, 5.41) is 0. The van der Waals surface area contributed by atoms with Crippen molar-refractivity contribution in [1.29, 1.82) is 0 Å². The molecule has 0 aromatic heterocycles. The molecule has 0 spiro atoms. The van der Waals surface area contributed by atoms with E-state index in [2.05, 4.69) is 91.5 Å². The molecule has 2 fully saturated rings. The first-order valence-corrected chi connectivity index (χ1v) is 20.4. The van der Waals surface area contributed by atoms with Crippen molar-refractivity contribution in [3.05, 3.63) is 100 Å². The number of aryl methyl sites for hydroxylation is 6. The van der Waals surface area contributed by atoms with Gasteiger partial charge in [-0.25, -0.2) is 0 Å². The van der Waals surface area contributed by atoms with Gasteiger partial charge in [0.2, 0.25) is 0 Å².